The Balaban J connectivity index is 1.90. The molecule has 0 amide bonds. The molecule has 0 aromatic heterocycles. The molecule has 0 atom stereocenters. The number of nitrogens with zero attached hydrogens (tertiary/aromatic N) is 1. The largest absolute Gasteiger partial charge is 0.573 e. The Morgan fingerprint density at radius 1 is 1.09 bits per heavy atom. The van der Waals surface area contributed by atoms with Gasteiger partial charge in [0.25, 0.3) is 0 Å². The third kappa shape index (κ3) is 5.77. The predicted octanol–water partition coefficient (Wildman–Crippen LogP) is 4.90. The van der Waals surface area contributed by atoms with Crippen LogP contribution < -0.4 is 4.74 Å². The zero-order valence-corrected chi connectivity index (χ0v) is 12.8. The van der Waals surface area contributed by atoms with Crippen LogP contribution in [-0.4, -0.2) is 12.6 Å². The molecule has 2 aromatic rings. The number of oxime groups is 1. The van der Waals surface area contributed by atoms with Crippen molar-refractivity contribution in [1.29, 1.82) is 0 Å². The zero-order chi connectivity index (χ0) is 16.0. The van der Waals surface area contributed by atoms with Gasteiger partial charge in [-0.2, -0.15) is 0 Å². The van der Waals surface area contributed by atoms with Crippen LogP contribution in [0.2, 0.25) is 0 Å². The minimum atomic E-state index is -4.71. The number of benzene rings is 2. The van der Waals surface area contributed by atoms with E-state index in [9.17, 15) is 13.2 Å². The van der Waals surface area contributed by atoms with Crippen LogP contribution in [-0.2, 0) is 11.4 Å². The molecule has 0 aliphatic heterocycles. The summed E-state index contributed by atoms with van der Waals surface area (Å²) >= 11 is 3.33. The lowest BCUT2D eigenvalue weighted by molar-refractivity contribution is -0.274. The maximum atomic E-state index is 12.1. The van der Waals surface area contributed by atoms with Crippen molar-refractivity contribution >= 4 is 22.1 Å². The van der Waals surface area contributed by atoms with Crippen LogP contribution in [0.3, 0.4) is 0 Å². The van der Waals surface area contributed by atoms with E-state index in [-0.39, 0.29) is 12.4 Å². The Morgan fingerprint density at radius 3 is 2.59 bits per heavy atom. The number of rotatable bonds is 5. The van der Waals surface area contributed by atoms with Crippen molar-refractivity contribution in [3.05, 3.63) is 64.1 Å². The fourth-order valence-corrected chi connectivity index (χ4v) is 2.05. The van der Waals surface area contributed by atoms with Crippen molar-refractivity contribution in [2.45, 2.75) is 13.0 Å². The van der Waals surface area contributed by atoms with Gasteiger partial charge in [-0.3, -0.25) is 0 Å². The molecule has 0 aliphatic carbocycles. The van der Waals surface area contributed by atoms with Crippen LogP contribution in [0.4, 0.5) is 13.2 Å². The van der Waals surface area contributed by atoms with E-state index in [0.717, 1.165) is 10.0 Å². The van der Waals surface area contributed by atoms with E-state index in [2.05, 4.69) is 25.8 Å². The monoisotopic (exact) mass is 373 g/mol. The third-order valence-electron chi connectivity index (χ3n) is 2.49. The summed E-state index contributed by atoms with van der Waals surface area (Å²) in [6.45, 7) is 0.0412. The second-order valence-corrected chi connectivity index (χ2v) is 5.17. The zero-order valence-electron chi connectivity index (χ0n) is 11.2. The first-order valence-electron chi connectivity index (χ1n) is 6.18. The highest BCUT2D eigenvalue weighted by molar-refractivity contribution is 9.10. The first-order chi connectivity index (χ1) is 10.4. The lowest BCUT2D eigenvalue weighted by Crippen LogP contribution is -2.17. The van der Waals surface area contributed by atoms with E-state index >= 15 is 0 Å². The molecule has 0 N–H and O–H groups in total. The standard InChI is InChI=1S/C15H11BrF3NO2/c16-13-5-1-3-11(7-13)9-20-21-10-12-4-2-6-14(8-12)22-15(17,18)19/h1-9H,10H2. The molecule has 2 rings (SSSR count). The number of halogens is 4. The second-order valence-electron chi connectivity index (χ2n) is 4.26. The van der Waals surface area contributed by atoms with Crippen molar-refractivity contribution in [2.24, 2.45) is 5.16 Å². The van der Waals surface area contributed by atoms with E-state index in [1.54, 1.807) is 6.07 Å². The summed E-state index contributed by atoms with van der Waals surface area (Å²) in [5, 5.41) is 3.77. The molecule has 0 radical (unpaired) electrons. The smallest absolute Gasteiger partial charge is 0.406 e. The van der Waals surface area contributed by atoms with Crippen LogP contribution in [0.25, 0.3) is 0 Å². The van der Waals surface area contributed by atoms with Gasteiger partial charge in [0.05, 0.1) is 6.21 Å². The Hall–Kier alpha value is -2.02. The van der Waals surface area contributed by atoms with Crippen LogP contribution in [0, 0.1) is 0 Å². The van der Waals surface area contributed by atoms with E-state index < -0.39 is 6.36 Å². The average Bonchev–Trinajstić information content (AvgIpc) is 2.42. The number of hydrogen-bond acceptors (Lipinski definition) is 3. The minimum Gasteiger partial charge on any atom is -0.406 e. The van der Waals surface area contributed by atoms with Gasteiger partial charge in [0, 0.05) is 4.47 Å². The van der Waals surface area contributed by atoms with Crippen LogP contribution in [0.5, 0.6) is 5.75 Å². The summed E-state index contributed by atoms with van der Waals surface area (Å²) in [5.41, 5.74) is 1.36. The highest BCUT2D eigenvalue weighted by atomic mass is 79.9. The van der Waals surface area contributed by atoms with Gasteiger partial charge < -0.3 is 9.57 Å². The second kappa shape index (κ2) is 7.31. The van der Waals surface area contributed by atoms with E-state index in [1.807, 2.05) is 24.3 Å². The highest BCUT2D eigenvalue weighted by Gasteiger charge is 2.31. The Bertz CT molecular complexity index is 659. The fraction of sp³-hybridized carbons (Fsp3) is 0.133. The summed E-state index contributed by atoms with van der Waals surface area (Å²) in [6.07, 6.45) is -3.20. The molecule has 0 saturated heterocycles. The molecule has 7 heteroatoms. The summed E-state index contributed by atoms with van der Waals surface area (Å²) in [4.78, 5) is 5.07. The highest BCUT2D eigenvalue weighted by Crippen LogP contribution is 2.23. The molecule has 3 nitrogen and oxygen atoms in total. The maximum Gasteiger partial charge on any atom is 0.573 e. The predicted molar refractivity (Wildman–Crippen MR) is 79.7 cm³/mol. The summed E-state index contributed by atoms with van der Waals surface area (Å²) in [5.74, 6) is -0.287. The average molecular weight is 374 g/mol. The van der Waals surface area contributed by atoms with Crippen molar-refractivity contribution in [1.82, 2.24) is 0 Å². The van der Waals surface area contributed by atoms with Gasteiger partial charge in [0.15, 0.2) is 0 Å². The molecular weight excluding hydrogens is 363 g/mol. The number of alkyl halides is 3. The lowest BCUT2D eigenvalue weighted by Gasteiger charge is -2.09. The van der Waals surface area contributed by atoms with Gasteiger partial charge in [-0.05, 0) is 35.4 Å². The van der Waals surface area contributed by atoms with Crippen LogP contribution in [0.1, 0.15) is 11.1 Å². The van der Waals surface area contributed by atoms with Gasteiger partial charge in [-0.1, -0.05) is 45.4 Å². The third-order valence-corrected chi connectivity index (χ3v) is 2.98. The molecule has 0 bridgehead atoms. The fourth-order valence-electron chi connectivity index (χ4n) is 1.63. The molecule has 2 aromatic carbocycles. The normalized spacial score (nSPS) is 11.6. The molecule has 0 unspecified atom stereocenters. The van der Waals surface area contributed by atoms with Crippen molar-refractivity contribution in [3.8, 4) is 5.75 Å². The van der Waals surface area contributed by atoms with Crippen LogP contribution >= 0.6 is 15.9 Å². The van der Waals surface area contributed by atoms with Gasteiger partial charge >= 0.3 is 6.36 Å². The molecular formula is C15H11BrF3NO2. The van der Waals surface area contributed by atoms with Crippen molar-refractivity contribution in [2.75, 3.05) is 0 Å². The first-order valence-corrected chi connectivity index (χ1v) is 6.97. The molecule has 0 saturated carbocycles. The quantitative estimate of drug-likeness (QED) is 0.551. The van der Waals surface area contributed by atoms with Gasteiger partial charge in [-0.25, -0.2) is 0 Å². The van der Waals surface area contributed by atoms with Gasteiger partial charge in [0.2, 0.25) is 0 Å². The first kappa shape index (κ1) is 16.4. The summed E-state index contributed by atoms with van der Waals surface area (Å²) in [7, 11) is 0. The molecule has 0 aliphatic rings. The van der Waals surface area contributed by atoms with Crippen molar-refractivity contribution < 1.29 is 22.7 Å². The van der Waals surface area contributed by atoms with E-state index in [0.29, 0.717) is 5.56 Å². The molecule has 0 heterocycles. The Labute approximate surface area is 133 Å². The molecule has 116 valence electrons. The van der Waals surface area contributed by atoms with Gasteiger partial charge in [0.1, 0.15) is 12.4 Å². The minimum absolute atomic E-state index is 0.0412. The van der Waals surface area contributed by atoms with Gasteiger partial charge in [-0.15, -0.1) is 13.2 Å². The number of hydrogen-bond donors (Lipinski definition) is 0. The van der Waals surface area contributed by atoms with Crippen LogP contribution in [0.15, 0.2) is 58.2 Å². The summed E-state index contributed by atoms with van der Waals surface area (Å²) < 4.78 is 41.1. The lowest BCUT2D eigenvalue weighted by atomic mass is 10.2. The van der Waals surface area contributed by atoms with E-state index in [4.69, 9.17) is 4.84 Å². The molecule has 0 spiro atoms. The molecule has 0 fully saturated rings. The van der Waals surface area contributed by atoms with Crippen molar-refractivity contribution in [3.63, 3.8) is 0 Å². The van der Waals surface area contributed by atoms with E-state index in [1.165, 1.54) is 24.4 Å². The Morgan fingerprint density at radius 2 is 1.86 bits per heavy atom. The summed E-state index contributed by atoms with van der Waals surface area (Å²) in [6, 6.07) is 13.0. The Kier molecular flexibility index (Phi) is 5.43. The topological polar surface area (TPSA) is 30.8 Å². The SMILES string of the molecule is FC(F)(F)Oc1cccc(CON=Cc2cccc(Br)c2)c1. The maximum absolute atomic E-state index is 12.1. The number of ether oxygens (including phenoxy) is 1. The molecule has 22 heavy (non-hydrogen) atoms.